The molecule has 0 amide bonds. The molecule has 5 atom stereocenters. The van der Waals surface area contributed by atoms with Crippen LogP contribution in [0, 0.1) is 11.8 Å². The molecule has 0 spiro atoms. The molecular formula is C39H70O8. The SMILES string of the molecule is CCCCCCCCCCCCCCCC(=O)OC[C@@H](O)COC(=O)CCCCCC[C@H]1C(=O)C[C@@H](O)[C@@H]1/C=C/[C@@H](O)CCCCC. The molecule has 1 rings (SSSR count). The number of carbonyl (C=O) groups is 3. The number of aliphatic hydroxyl groups excluding tert-OH is 3. The highest BCUT2D eigenvalue weighted by molar-refractivity contribution is 5.84. The maximum absolute atomic E-state index is 12.4. The van der Waals surface area contributed by atoms with Crippen LogP contribution in [0.5, 0.6) is 0 Å². The van der Waals surface area contributed by atoms with Crippen molar-refractivity contribution in [1.82, 2.24) is 0 Å². The average Bonchev–Trinajstić information content (AvgIpc) is 3.32. The van der Waals surface area contributed by atoms with Gasteiger partial charge in [0.05, 0.1) is 12.2 Å². The van der Waals surface area contributed by atoms with E-state index in [-0.39, 0.29) is 55.6 Å². The van der Waals surface area contributed by atoms with E-state index in [9.17, 15) is 29.7 Å². The molecule has 0 aromatic rings. The van der Waals surface area contributed by atoms with E-state index in [1.807, 2.05) is 6.08 Å². The molecule has 1 aliphatic rings. The third-order valence-electron chi connectivity index (χ3n) is 9.40. The smallest absolute Gasteiger partial charge is 0.305 e. The second kappa shape index (κ2) is 29.2. The van der Waals surface area contributed by atoms with Crippen molar-refractivity contribution in [1.29, 1.82) is 0 Å². The minimum absolute atomic E-state index is 0.0834. The first-order valence-corrected chi connectivity index (χ1v) is 19.3. The first-order chi connectivity index (χ1) is 22.8. The molecule has 0 saturated heterocycles. The first kappa shape index (κ1) is 43.3. The standard InChI is InChI=1S/C39H70O8/c1-3-5-7-8-9-10-11-12-13-14-15-16-21-25-38(44)46-30-33(41)31-47-39(45)26-22-18-17-20-24-34-35(37(43)29-36(34)42)28-27-32(40)23-19-6-4-2/h27-28,32-35,37,40-41,43H,3-26,29-31H2,1-2H3/b28-27+/t32-,33+,34+,35+,37+/m0/s1. The van der Waals surface area contributed by atoms with Crippen LogP contribution in [0.3, 0.4) is 0 Å². The van der Waals surface area contributed by atoms with E-state index in [2.05, 4.69) is 13.8 Å². The second-order valence-corrected chi connectivity index (χ2v) is 13.8. The van der Waals surface area contributed by atoms with Crippen LogP contribution in [-0.4, -0.2) is 64.6 Å². The highest BCUT2D eigenvalue weighted by Gasteiger charge is 2.39. The molecule has 3 N–H and O–H groups in total. The minimum atomic E-state index is -1.03. The monoisotopic (exact) mass is 667 g/mol. The largest absolute Gasteiger partial charge is 0.463 e. The van der Waals surface area contributed by atoms with E-state index in [4.69, 9.17) is 9.47 Å². The number of esters is 2. The van der Waals surface area contributed by atoms with Crippen molar-refractivity contribution in [2.45, 2.75) is 193 Å². The van der Waals surface area contributed by atoms with Gasteiger partial charge in [0, 0.05) is 31.1 Å². The summed E-state index contributed by atoms with van der Waals surface area (Å²) < 4.78 is 10.3. The fourth-order valence-corrected chi connectivity index (χ4v) is 6.39. The topological polar surface area (TPSA) is 130 Å². The Kier molecular flexibility index (Phi) is 26.8. The van der Waals surface area contributed by atoms with Gasteiger partial charge in [0.2, 0.25) is 0 Å². The van der Waals surface area contributed by atoms with Crippen molar-refractivity contribution in [2.24, 2.45) is 11.8 Å². The minimum Gasteiger partial charge on any atom is -0.463 e. The Morgan fingerprint density at radius 3 is 1.66 bits per heavy atom. The molecule has 8 heteroatoms. The fraction of sp³-hybridized carbons (Fsp3) is 0.872. The molecule has 0 unspecified atom stereocenters. The van der Waals surface area contributed by atoms with E-state index in [1.54, 1.807) is 6.08 Å². The summed E-state index contributed by atoms with van der Waals surface area (Å²) in [5, 5.41) is 30.6. The molecule has 0 aromatic carbocycles. The highest BCUT2D eigenvalue weighted by Crippen LogP contribution is 2.34. The molecular weight excluding hydrogens is 596 g/mol. The zero-order valence-corrected chi connectivity index (χ0v) is 30.0. The molecule has 8 nitrogen and oxygen atoms in total. The molecule has 0 radical (unpaired) electrons. The van der Waals surface area contributed by atoms with Gasteiger partial charge in [-0.3, -0.25) is 14.4 Å². The molecule has 274 valence electrons. The van der Waals surface area contributed by atoms with Gasteiger partial charge in [0.25, 0.3) is 0 Å². The quantitative estimate of drug-likeness (QED) is 0.0383. The molecule has 0 aliphatic heterocycles. The normalized spacial score (nSPS) is 19.3. The number of rotatable bonds is 31. The predicted molar refractivity (Wildman–Crippen MR) is 188 cm³/mol. The van der Waals surface area contributed by atoms with Gasteiger partial charge >= 0.3 is 11.9 Å². The van der Waals surface area contributed by atoms with Crippen molar-refractivity contribution < 1.29 is 39.2 Å². The van der Waals surface area contributed by atoms with Gasteiger partial charge in [0.1, 0.15) is 25.1 Å². The van der Waals surface area contributed by atoms with Gasteiger partial charge < -0.3 is 24.8 Å². The van der Waals surface area contributed by atoms with Crippen molar-refractivity contribution in [3.05, 3.63) is 12.2 Å². The lowest BCUT2D eigenvalue weighted by atomic mass is 9.88. The van der Waals surface area contributed by atoms with Gasteiger partial charge in [-0.15, -0.1) is 0 Å². The van der Waals surface area contributed by atoms with Crippen LogP contribution >= 0.6 is 0 Å². The number of ketones is 1. The summed E-state index contributed by atoms with van der Waals surface area (Å²) in [5.74, 6) is -1.10. The number of Topliss-reactive ketones (excluding diaryl/α,β-unsaturated/α-hetero) is 1. The zero-order chi connectivity index (χ0) is 34.5. The summed E-state index contributed by atoms with van der Waals surface area (Å²) in [6.45, 7) is 4.00. The molecule has 1 aliphatic carbocycles. The van der Waals surface area contributed by atoms with Crippen LogP contribution in [0.25, 0.3) is 0 Å². The number of unbranched alkanes of at least 4 members (excludes halogenated alkanes) is 17. The van der Waals surface area contributed by atoms with Gasteiger partial charge in [-0.1, -0.05) is 142 Å². The third kappa shape index (κ3) is 23.3. The maximum Gasteiger partial charge on any atom is 0.305 e. The van der Waals surface area contributed by atoms with Gasteiger partial charge in [-0.2, -0.15) is 0 Å². The van der Waals surface area contributed by atoms with Crippen LogP contribution in [-0.2, 0) is 23.9 Å². The lowest BCUT2D eigenvalue weighted by molar-refractivity contribution is -0.152. The van der Waals surface area contributed by atoms with Gasteiger partial charge in [-0.25, -0.2) is 0 Å². The lowest BCUT2D eigenvalue weighted by Gasteiger charge is -2.18. The van der Waals surface area contributed by atoms with E-state index in [0.717, 1.165) is 57.8 Å². The summed E-state index contributed by atoms with van der Waals surface area (Å²) in [5.41, 5.74) is 0. The van der Waals surface area contributed by atoms with Crippen molar-refractivity contribution in [3.8, 4) is 0 Å². The Balaban J connectivity index is 2.03. The predicted octanol–water partition coefficient (Wildman–Crippen LogP) is 8.32. The van der Waals surface area contributed by atoms with Gasteiger partial charge in [-0.05, 0) is 25.7 Å². The van der Waals surface area contributed by atoms with E-state index >= 15 is 0 Å². The maximum atomic E-state index is 12.4. The zero-order valence-electron chi connectivity index (χ0n) is 30.0. The summed E-state index contributed by atoms with van der Waals surface area (Å²) in [7, 11) is 0. The van der Waals surface area contributed by atoms with E-state index in [0.29, 0.717) is 25.7 Å². The Labute approximate surface area is 286 Å². The average molecular weight is 667 g/mol. The first-order valence-electron chi connectivity index (χ1n) is 19.3. The highest BCUT2D eigenvalue weighted by atomic mass is 16.6. The van der Waals surface area contributed by atoms with Gasteiger partial charge in [0.15, 0.2) is 0 Å². The molecule has 0 bridgehead atoms. The second-order valence-electron chi connectivity index (χ2n) is 13.8. The summed E-state index contributed by atoms with van der Waals surface area (Å²) in [6, 6.07) is 0. The number of hydrogen-bond acceptors (Lipinski definition) is 8. The number of hydrogen-bond donors (Lipinski definition) is 3. The van der Waals surface area contributed by atoms with E-state index < -0.39 is 18.3 Å². The molecule has 0 aromatic heterocycles. The number of aliphatic hydroxyl groups is 3. The van der Waals surface area contributed by atoms with Crippen molar-refractivity contribution in [2.75, 3.05) is 13.2 Å². The number of carbonyl (C=O) groups excluding carboxylic acids is 3. The van der Waals surface area contributed by atoms with Crippen LogP contribution in [0.1, 0.15) is 174 Å². The summed E-state index contributed by atoms with van der Waals surface area (Å²) in [4.78, 5) is 36.5. The Morgan fingerprint density at radius 2 is 1.15 bits per heavy atom. The van der Waals surface area contributed by atoms with Crippen LogP contribution in [0.2, 0.25) is 0 Å². The number of ether oxygens (including phenoxy) is 2. The Bertz CT molecular complexity index is 828. The molecule has 1 fully saturated rings. The lowest BCUT2D eigenvalue weighted by Crippen LogP contribution is -2.25. The third-order valence-corrected chi connectivity index (χ3v) is 9.40. The van der Waals surface area contributed by atoms with E-state index in [1.165, 1.54) is 64.2 Å². The summed E-state index contributed by atoms with van der Waals surface area (Å²) in [6.07, 6.45) is 25.9. The van der Waals surface area contributed by atoms with Crippen LogP contribution < -0.4 is 0 Å². The van der Waals surface area contributed by atoms with Crippen molar-refractivity contribution >= 4 is 17.7 Å². The molecule has 47 heavy (non-hydrogen) atoms. The van der Waals surface area contributed by atoms with Crippen LogP contribution in [0.15, 0.2) is 12.2 Å². The molecule has 0 heterocycles. The summed E-state index contributed by atoms with van der Waals surface area (Å²) >= 11 is 0. The fourth-order valence-electron chi connectivity index (χ4n) is 6.39. The Morgan fingerprint density at radius 1 is 0.702 bits per heavy atom. The van der Waals surface area contributed by atoms with Crippen molar-refractivity contribution in [3.63, 3.8) is 0 Å². The Hall–Kier alpha value is -1.77. The molecule has 1 saturated carbocycles. The van der Waals surface area contributed by atoms with Crippen LogP contribution in [0.4, 0.5) is 0 Å².